The summed E-state index contributed by atoms with van der Waals surface area (Å²) in [7, 11) is 3.70. The second-order valence-corrected chi connectivity index (χ2v) is 1.97. The maximum absolute atomic E-state index is 11.1. The summed E-state index contributed by atoms with van der Waals surface area (Å²) in [6.07, 6.45) is 0. The highest BCUT2D eigenvalue weighted by atomic mass is 16.6. The van der Waals surface area contributed by atoms with Crippen LogP contribution in [-0.2, 0) is 23.9 Å². The zero-order chi connectivity index (χ0) is 10.3. The van der Waals surface area contributed by atoms with E-state index in [0.717, 1.165) is 7.11 Å². The Morgan fingerprint density at radius 1 is 1.23 bits per heavy atom. The van der Waals surface area contributed by atoms with Crippen molar-refractivity contribution in [3.63, 3.8) is 0 Å². The summed E-state index contributed by atoms with van der Waals surface area (Å²) < 4.78 is 8.84. The highest BCUT2D eigenvalue weighted by molar-refractivity contribution is 6.64. The molecular formula is C7H11NO5. The van der Waals surface area contributed by atoms with E-state index in [1.54, 1.807) is 0 Å². The molecule has 13 heavy (non-hydrogen) atoms. The van der Waals surface area contributed by atoms with Crippen molar-refractivity contribution in [1.29, 1.82) is 0 Å². The Hall–Kier alpha value is -1.43. The summed E-state index contributed by atoms with van der Waals surface area (Å²) in [6, 6.07) is 0. The van der Waals surface area contributed by atoms with Crippen LogP contribution in [0.15, 0.2) is 5.16 Å². The van der Waals surface area contributed by atoms with Gasteiger partial charge in [-0.1, -0.05) is 5.16 Å². The highest BCUT2D eigenvalue weighted by Crippen LogP contribution is 1.88. The Morgan fingerprint density at radius 3 is 2.23 bits per heavy atom. The third kappa shape index (κ3) is 3.66. The fourth-order valence-corrected chi connectivity index (χ4v) is 0.589. The molecule has 0 fully saturated rings. The standard InChI is InChI=1S/C7H11NO5/c1-11-4-5(9)6(8-13-3)7(10)12-2/h4H2,1-3H3. The van der Waals surface area contributed by atoms with Gasteiger partial charge in [0.25, 0.3) is 0 Å². The second kappa shape index (κ2) is 6.13. The van der Waals surface area contributed by atoms with E-state index in [1.807, 2.05) is 0 Å². The van der Waals surface area contributed by atoms with Gasteiger partial charge < -0.3 is 14.3 Å². The molecule has 0 aromatic heterocycles. The Morgan fingerprint density at radius 2 is 1.85 bits per heavy atom. The number of ether oxygens (including phenoxy) is 2. The van der Waals surface area contributed by atoms with Gasteiger partial charge in [-0.05, 0) is 0 Å². The van der Waals surface area contributed by atoms with Crippen LogP contribution in [0.2, 0.25) is 0 Å². The molecule has 0 aromatic rings. The molecule has 74 valence electrons. The molecule has 0 heterocycles. The topological polar surface area (TPSA) is 74.2 Å². The zero-order valence-corrected chi connectivity index (χ0v) is 7.70. The molecule has 0 amide bonds. The minimum Gasteiger partial charge on any atom is -0.464 e. The zero-order valence-electron chi connectivity index (χ0n) is 7.70. The molecule has 0 bridgehead atoms. The Labute approximate surface area is 75.4 Å². The molecule has 0 aliphatic rings. The van der Waals surface area contributed by atoms with Gasteiger partial charge in [0.15, 0.2) is 0 Å². The van der Waals surface area contributed by atoms with Crippen molar-refractivity contribution in [3.8, 4) is 0 Å². The normalized spacial score (nSPS) is 10.8. The lowest BCUT2D eigenvalue weighted by molar-refractivity contribution is -0.134. The van der Waals surface area contributed by atoms with E-state index in [2.05, 4.69) is 19.5 Å². The number of carbonyl (C=O) groups is 2. The fraction of sp³-hybridized carbons (Fsp3) is 0.571. The second-order valence-electron chi connectivity index (χ2n) is 1.97. The van der Waals surface area contributed by atoms with Gasteiger partial charge in [0.1, 0.15) is 13.7 Å². The van der Waals surface area contributed by atoms with Crippen LogP contribution in [0, 0.1) is 0 Å². The number of oxime groups is 1. The fourth-order valence-electron chi connectivity index (χ4n) is 0.589. The van der Waals surface area contributed by atoms with Crippen LogP contribution in [0.5, 0.6) is 0 Å². The third-order valence-corrected chi connectivity index (χ3v) is 1.10. The van der Waals surface area contributed by atoms with Gasteiger partial charge in [-0.15, -0.1) is 0 Å². The summed E-state index contributed by atoms with van der Waals surface area (Å²) in [5.41, 5.74) is -0.410. The van der Waals surface area contributed by atoms with Gasteiger partial charge in [0.2, 0.25) is 11.5 Å². The minimum atomic E-state index is -0.844. The van der Waals surface area contributed by atoms with E-state index in [4.69, 9.17) is 0 Å². The summed E-state index contributed by atoms with van der Waals surface area (Å²) >= 11 is 0. The van der Waals surface area contributed by atoms with Crippen molar-refractivity contribution in [1.82, 2.24) is 0 Å². The van der Waals surface area contributed by atoms with Gasteiger partial charge in [-0.25, -0.2) is 4.79 Å². The maximum Gasteiger partial charge on any atom is 0.363 e. The number of hydrogen-bond acceptors (Lipinski definition) is 6. The van der Waals surface area contributed by atoms with E-state index in [9.17, 15) is 9.59 Å². The Balaban J connectivity index is 4.52. The summed E-state index contributed by atoms with van der Waals surface area (Å²) in [4.78, 5) is 26.3. The number of Topliss-reactive ketones (excluding diaryl/α,β-unsaturated/α-hetero) is 1. The molecule has 0 aliphatic carbocycles. The van der Waals surface area contributed by atoms with Crippen molar-refractivity contribution in [3.05, 3.63) is 0 Å². The summed E-state index contributed by atoms with van der Waals surface area (Å²) in [5.74, 6) is -1.43. The van der Waals surface area contributed by atoms with Crippen LogP contribution < -0.4 is 0 Å². The first-order chi connectivity index (χ1) is 6.17. The monoisotopic (exact) mass is 189 g/mol. The molecule has 0 aromatic carbocycles. The van der Waals surface area contributed by atoms with E-state index in [0.29, 0.717) is 0 Å². The number of methoxy groups -OCH3 is 2. The molecule has 6 heteroatoms. The van der Waals surface area contributed by atoms with E-state index in [-0.39, 0.29) is 6.61 Å². The first-order valence-corrected chi connectivity index (χ1v) is 3.39. The van der Waals surface area contributed by atoms with Gasteiger partial charge in [0, 0.05) is 7.11 Å². The predicted molar refractivity (Wildman–Crippen MR) is 43.3 cm³/mol. The molecule has 0 unspecified atom stereocenters. The van der Waals surface area contributed by atoms with Crippen molar-refractivity contribution in [2.75, 3.05) is 27.9 Å². The lowest BCUT2D eigenvalue weighted by Gasteiger charge is -2.00. The first-order valence-electron chi connectivity index (χ1n) is 3.39. The largest absolute Gasteiger partial charge is 0.464 e. The van der Waals surface area contributed by atoms with Crippen molar-refractivity contribution < 1.29 is 23.9 Å². The number of rotatable bonds is 5. The average molecular weight is 189 g/mol. The molecule has 0 aliphatic heterocycles. The maximum atomic E-state index is 11.1. The third-order valence-electron chi connectivity index (χ3n) is 1.10. The van der Waals surface area contributed by atoms with Crippen molar-refractivity contribution in [2.24, 2.45) is 5.16 Å². The quantitative estimate of drug-likeness (QED) is 0.249. The molecule has 0 spiro atoms. The molecule has 6 nitrogen and oxygen atoms in total. The van der Waals surface area contributed by atoms with Crippen LogP contribution in [0.25, 0.3) is 0 Å². The van der Waals surface area contributed by atoms with Crippen molar-refractivity contribution >= 4 is 17.5 Å². The average Bonchev–Trinajstić information content (AvgIpc) is 2.13. The van der Waals surface area contributed by atoms with Crippen LogP contribution in [-0.4, -0.2) is 45.4 Å². The van der Waals surface area contributed by atoms with Gasteiger partial charge in [0.05, 0.1) is 7.11 Å². The summed E-state index contributed by atoms with van der Waals surface area (Å²) in [5, 5.41) is 3.23. The number of esters is 1. The number of hydrogen-bond donors (Lipinski definition) is 0. The van der Waals surface area contributed by atoms with E-state index >= 15 is 0 Å². The highest BCUT2D eigenvalue weighted by Gasteiger charge is 2.21. The predicted octanol–water partition coefficient (Wildman–Crippen LogP) is -0.623. The van der Waals surface area contributed by atoms with Crippen molar-refractivity contribution in [2.45, 2.75) is 0 Å². The molecule has 0 saturated carbocycles. The molecule has 0 radical (unpaired) electrons. The number of carbonyl (C=O) groups excluding carboxylic acids is 2. The van der Waals surface area contributed by atoms with Crippen LogP contribution in [0.1, 0.15) is 0 Å². The number of ketones is 1. The van der Waals surface area contributed by atoms with Crippen LogP contribution in [0.4, 0.5) is 0 Å². The molecular weight excluding hydrogens is 178 g/mol. The lowest BCUT2D eigenvalue weighted by atomic mass is 10.2. The lowest BCUT2D eigenvalue weighted by Crippen LogP contribution is -2.28. The van der Waals surface area contributed by atoms with Gasteiger partial charge >= 0.3 is 5.97 Å². The SMILES string of the molecule is COCC(=O)C(=NOC)C(=O)OC. The Kier molecular flexibility index (Phi) is 5.45. The van der Waals surface area contributed by atoms with Crippen LogP contribution in [0.3, 0.4) is 0 Å². The molecule has 0 atom stereocenters. The van der Waals surface area contributed by atoms with Gasteiger partial charge in [-0.3, -0.25) is 4.79 Å². The first kappa shape index (κ1) is 11.6. The summed E-state index contributed by atoms with van der Waals surface area (Å²) in [6.45, 7) is -0.239. The minimum absolute atomic E-state index is 0.239. The smallest absolute Gasteiger partial charge is 0.363 e. The number of nitrogens with zero attached hydrogens (tertiary/aromatic N) is 1. The van der Waals surface area contributed by atoms with Gasteiger partial charge in [-0.2, -0.15) is 0 Å². The molecule has 0 saturated heterocycles. The molecule has 0 N–H and O–H groups in total. The molecule has 0 rings (SSSR count). The van der Waals surface area contributed by atoms with Crippen LogP contribution >= 0.6 is 0 Å². The van der Waals surface area contributed by atoms with E-state index in [1.165, 1.54) is 14.2 Å². The van der Waals surface area contributed by atoms with E-state index < -0.39 is 17.5 Å². The Bertz CT molecular complexity index is 223.